The minimum absolute atomic E-state index is 0. The molecule has 0 radical (unpaired) electrons. The van der Waals surface area contributed by atoms with Crippen LogP contribution >= 0.6 is 12.4 Å². The summed E-state index contributed by atoms with van der Waals surface area (Å²) >= 11 is 0. The number of hydrogen-bond donors (Lipinski definition) is 1. The predicted molar refractivity (Wildman–Crippen MR) is 61.1 cm³/mol. The van der Waals surface area contributed by atoms with Gasteiger partial charge in [-0.25, -0.2) is 4.39 Å². The van der Waals surface area contributed by atoms with E-state index in [1.165, 1.54) is 17.5 Å². The average Bonchev–Trinajstić information content (AvgIpc) is 2.17. The van der Waals surface area contributed by atoms with Crippen LogP contribution in [-0.2, 0) is 6.42 Å². The monoisotopic (exact) mass is 227 g/mol. The minimum Gasteiger partial charge on any atom is -0.316 e. The van der Waals surface area contributed by atoms with Crippen LogP contribution in [0.5, 0.6) is 0 Å². The molecule has 3 heteroatoms. The summed E-state index contributed by atoms with van der Waals surface area (Å²) in [4.78, 5) is 0. The molecule has 82 valence electrons. The molecule has 1 aromatic rings. The fourth-order valence-electron chi connectivity index (χ4n) is 2.88. The van der Waals surface area contributed by atoms with Gasteiger partial charge in [0.15, 0.2) is 0 Å². The summed E-state index contributed by atoms with van der Waals surface area (Å²) in [6, 6.07) is 5.28. The fraction of sp³-hybridized carbons (Fsp3) is 0.500. The highest BCUT2D eigenvalue weighted by Crippen LogP contribution is 2.36. The Bertz CT molecular complexity index is 367. The molecule has 2 aliphatic rings. The molecule has 1 nitrogen and oxygen atoms in total. The van der Waals surface area contributed by atoms with Gasteiger partial charge in [-0.1, -0.05) is 6.07 Å². The third kappa shape index (κ3) is 1.88. The molecule has 2 unspecified atom stereocenters. The number of fused-ring (bicyclic) bond motifs is 4. The van der Waals surface area contributed by atoms with Crippen molar-refractivity contribution in [3.8, 4) is 0 Å². The number of benzene rings is 1. The van der Waals surface area contributed by atoms with Crippen LogP contribution in [0.25, 0.3) is 0 Å². The molecule has 15 heavy (non-hydrogen) atoms. The van der Waals surface area contributed by atoms with E-state index in [1.807, 2.05) is 6.07 Å². The molecule has 1 aromatic carbocycles. The first-order valence-corrected chi connectivity index (χ1v) is 5.32. The molecule has 1 fully saturated rings. The largest absolute Gasteiger partial charge is 0.316 e. The van der Waals surface area contributed by atoms with Crippen LogP contribution < -0.4 is 5.32 Å². The number of hydrogen-bond acceptors (Lipinski definition) is 1. The van der Waals surface area contributed by atoms with Crippen molar-refractivity contribution < 1.29 is 4.39 Å². The molecule has 0 aromatic heterocycles. The van der Waals surface area contributed by atoms with Crippen molar-refractivity contribution in [2.75, 3.05) is 13.1 Å². The second-order valence-electron chi connectivity index (χ2n) is 4.50. The molecule has 3 rings (SSSR count). The summed E-state index contributed by atoms with van der Waals surface area (Å²) in [6.45, 7) is 2.17. The van der Waals surface area contributed by atoms with E-state index in [9.17, 15) is 4.39 Å². The van der Waals surface area contributed by atoms with Crippen LogP contribution in [-0.4, -0.2) is 13.1 Å². The van der Waals surface area contributed by atoms with E-state index >= 15 is 0 Å². The van der Waals surface area contributed by atoms with E-state index in [0.29, 0.717) is 5.92 Å². The topological polar surface area (TPSA) is 12.0 Å². The van der Waals surface area contributed by atoms with Crippen molar-refractivity contribution in [2.24, 2.45) is 5.92 Å². The van der Waals surface area contributed by atoms with E-state index in [2.05, 4.69) is 5.32 Å². The molecular formula is C12H15ClFN. The van der Waals surface area contributed by atoms with Crippen LogP contribution in [0.15, 0.2) is 18.2 Å². The van der Waals surface area contributed by atoms with Crippen molar-refractivity contribution in [3.05, 3.63) is 35.1 Å². The molecule has 0 saturated carbocycles. The lowest BCUT2D eigenvalue weighted by atomic mass is 9.74. The van der Waals surface area contributed by atoms with Gasteiger partial charge in [0.25, 0.3) is 0 Å². The Labute approximate surface area is 95.5 Å². The first-order chi connectivity index (χ1) is 6.83. The zero-order valence-corrected chi connectivity index (χ0v) is 9.32. The van der Waals surface area contributed by atoms with E-state index in [4.69, 9.17) is 0 Å². The van der Waals surface area contributed by atoms with Gasteiger partial charge in [0.05, 0.1) is 0 Å². The summed E-state index contributed by atoms with van der Waals surface area (Å²) < 4.78 is 13.1. The quantitative estimate of drug-likeness (QED) is 0.718. The Balaban J connectivity index is 0.000000853. The van der Waals surface area contributed by atoms with Gasteiger partial charge in [0.1, 0.15) is 5.82 Å². The van der Waals surface area contributed by atoms with Crippen molar-refractivity contribution in [3.63, 3.8) is 0 Å². The standard InChI is InChI=1S/C12H14FN.ClH/c13-11-1-2-12-9(5-11)3-8-4-10(12)7-14-6-8;/h1-2,5,8,10,14H,3-4,6-7H2;1H. The van der Waals surface area contributed by atoms with Gasteiger partial charge in [0, 0.05) is 6.54 Å². The van der Waals surface area contributed by atoms with Crippen LogP contribution in [0.4, 0.5) is 4.39 Å². The summed E-state index contributed by atoms with van der Waals surface area (Å²) in [5, 5.41) is 3.45. The predicted octanol–water partition coefficient (Wildman–Crippen LogP) is 2.50. The van der Waals surface area contributed by atoms with E-state index < -0.39 is 0 Å². The van der Waals surface area contributed by atoms with Gasteiger partial charge >= 0.3 is 0 Å². The Morgan fingerprint density at radius 3 is 3.00 bits per heavy atom. The maximum Gasteiger partial charge on any atom is 0.123 e. The third-order valence-electron chi connectivity index (χ3n) is 3.50. The Kier molecular flexibility index (Phi) is 2.98. The first kappa shape index (κ1) is 10.9. The summed E-state index contributed by atoms with van der Waals surface area (Å²) in [6.07, 6.45) is 2.34. The van der Waals surface area contributed by atoms with Crippen molar-refractivity contribution in [1.82, 2.24) is 5.32 Å². The highest BCUT2D eigenvalue weighted by Gasteiger charge is 2.29. The van der Waals surface area contributed by atoms with Crippen molar-refractivity contribution in [2.45, 2.75) is 18.8 Å². The lowest BCUT2D eigenvalue weighted by molar-refractivity contribution is 0.317. The Morgan fingerprint density at radius 1 is 1.27 bits per heavy atom. The van der Waals surface area contributed by atoms with Gasteiger partial charge in [-0.3, -0.25) is 0 Å². The first-order valence-electron chi connectivity index (χ1n) is 5.32. The number of piperidine rings is 1. The molecule has 0 amide bonds. The van der Waals surface area contributed by atoms with Gasteiger partial charge in [-0.15, -0.1) is 12.4 Å². The molecule has 1 N–H and O–H groups in total. The molecule has 1 heterocycles. The lowest BCUT2D eigenvalue weighted by Crippen LogP contribution is -2.39. The third-order valence-corrected chi connectivity index (χ3v) is 3.50. The number of halogens is 2. The van der Waals surface area contributed by atoms with E-state index in [1.54, 1.807) is 12.1 Å². The highest BCUT2D eigenvalue weighted by molar-refractivity contribution is 5.85. The Hall–Kier alpha value is -0.600. The molecule has 2 atom stereocenters. The summed E-state index contributed by atoms with van der Waals surface area (Å²) in [7, 11) is 0. The van der Waals surface area contributed by atoms with Crippen LogP contribution in [0.2, 0.25) is 0 Å². The SMILES string of the molecule is Cl.Fc1ccc2c(c1)CC1CNCC2C1. The average molecular weight is 228 g/mol. The van der Waals surface area contributed by atoms with Gasteiger partial charge in [0.2, 0.25) is 0 Å². The molecular weight excluding hydrogens is 213 g/mol. The van der Waals surface area contributed by atoms with Gasteiger partial charge in [-0.2, -0.15) is 0 Å². The zero-order valence-electron chi connectivity index (χ0n) is 8.50. The smallest absolute Gasteiger partial charge is 0.123 e. The molecule has 0 spiro atoms. The second kappa shape index (κ2) is 4.11. The summed E-state index contributed by atoms with van der Waals surface area (Å²) in [5.74, 6) is 1.26. The van der Waals surface area contributed by atoms with Crippen molar-refractivity contribution in [1.29, 1.82) is 0 Å². The fourth-order valence-corrected chi connectivity index (χ4v) is 2.88. The van der Waals surface area contributed by atoms with E-state index in [-0.39, 0.29) is 18.2 Å². The van der Waals surface area contributed by atoms with Crippen molar-refractivity contribution >= 4 is 12.4 Å². The van der Waals surface area contributed by atoms with E-state index in [0.717, 1.165) is 25.4 Å². The zero-order chi connectivity index (χ0) is 9.54. The molecule has 1 aliphatic carbocycles. The van der Waals surface area contributed by atoms with Crippen LogP contribution in [0.3, 0.4) is 0 Å². The molecule has 1 aliphatic heterocycles. The minimum atomic E-state index is -0.0864. The molecule has 2 bridgehead atoms. The normalized spacial score (nSPS) is 27.8. The van der Waals surface area contributed by atoms with Gasteiger partial charge < -0.3 is 5.32 Å². The molecule has 1 saturated heterocycles. The summed E-state index contributed by atoms with van der Waals surface area (Å²) in [5.41, 5.74) is 2.61. The number of rotatable bonds is 0. The lowest BCUT2D eigenvalue weighted by Gasteiger charge is -2.36. The maximum atomic E-state index is 13.1. The van der Waals surface area contributed by atoms with Gasteiger partial charge in [-0.05, 0) is 54.5 Å². The van der Waals surface area contributed by atoms with Crippen LogP contribution in [0, 0.1) is 11.7 Å². The maximum absolute atomic E-state index is 13.1. The highest BCUT2D eigenvalue weighted by atomic mass is 35.5. The second-order valence-corrected chi connectivity index (χ2v) is 4.50. The Morgan fingerprint density at radius 2 is 2.13 bits per heavy atom. The number of nitrogens with one attached hydrogen (secondary N) is 1. The van der Waals surface area contributed by atoms with Crippen LogP contribution in [0.1, 0.15) is 23.5 Å².